The molecular weight excluding hydrogens is 273 g/mol. The van der Waals surface area contributed by atoms with Gasteiger partial charge < -0.3 is 9.55 Å². The molecule has 2 aromatic rings. The van der Waals surface area contributed by atoms with E-state index in [2.05, 4.69) is 16.8 Å². The van der Waals surface area contributed by atoms with Gasteiger partial charge in [0.2, 0.25) is 0 Å². The van der Waals surface area contributed by atoms with Crippen LogP contribution in [0.25, 0.3) is 11.0 Å². The molecule has 0 bridgehead atoms. The van der Waals surface area contributed by atoms with Crippen LogP contribution in [0.1, 0.15) is 26.2 Å². The van der Waals surface area contributed by atoms with Crippen LogP contribution in [0.5, 0.6) is 0 Å². The number of halogens is 1. The third-order valence-electron chi connectivity index (χ3n) is 4.22. The highest BCUT2D eigenvalue weighted by atomic mass is 32.1. The highest BCUT2D eigenvalue weighted by Crippen LogP contribution is 2.19. The molecule has 3 nitrogen and oxygen atoms in total. The highest BCUT2D eigenvalue weighted by Gasteiger charge is 2.18. The van der Waals surface area contributed by atoms with Gasteiger partial charge in [-0.25, -0.2) is 4.39 Å². The van der Waals surface area contributed by atoms with Gasteiger partial charge in [0, 0.05) is 12.6 Å². The van der Waals surface area contributed by atoms with Gasteiger partial charge in [0.15, 0.2) is 4.77 Å². The second-order valence-corrected chi connectivity index (χ2v) is 6.01. The summed E-state index contributed by atoms with van der Waals surface area (Å²) in [6, 6.07) is 5.55. The largest absolute Gasteiger partial charge is 0.328 e. The molecule has 2 heterocycles. The van der Waals surface area contributed by atoms with Gasteiger partial charge in [-0.05, 0) is 57.2 Å². The highest BCUT2D eigenvalue weighted by molar-refractivity contribution is 7.71. The quantitative estimate of drug-likeness (QED) is 0.872. The summed E-state index contributed by atoms with van der Waals surface area (Å²) in [6.45, 7) is 5.35. The first-order valence-electron chi connectivity index (χ1n) is 7.28. The first kappa shape index (κ1) is 13.8. The molecule has 1 fully saturated rings. The molecule has 3 rings (SSSR count). The molecule has 0 radical (unpaired) electrons. The van der Waals surface area contributed by atoms with E-state index in [0.29, 0.717) is 16.3 Å². The normalized spacial score (nSPS) is 18.5. The summed E-state index contributed by atoms with van der Waals surface area (Å²) < 4.78 is 16.4. The fourth-order valence-corrected chi connectivity index (χ4v) is 3.34. The third-order valence-corrected chi connectivity index (χ3v) is 4.54. The molecule has 1 aliphatic rings. The molecule has 1 N–H and O–H groups in total. The van der Waals surface area contributed by atoms with Crippen molar-refractivity contribution in [3.05, 3.63) is 28.8 Å². The van der Waals surface area contributed by atoms with E-state index in [4.69, 9.17) is 12.2 Å². The summed E-state index contributed by atoms with van der Waals surface area (Å²) in [6.07, 6.45) is 3.89. The molecule has 1 atom stereocenters. The molecule has 1 aromatic heterocycles. The Hall–Kier alpha value is -1.20. The summed E-state index contributed by atoms with van der Waals surface area (Å²) in [7, 11) is 0. The molecule has 5 heteroatoms. The molecule has 1 unspecified atom stereocenters. The second-order valence-electron chi connectivity index (χ2n) is 5.62. The zero-order valence-electron chi connectivity index (χ0n) is 11.7. The van der Waals surface area contributed by atoms with Gasteiger partial charge in [-0.3, -0.25) is 4.90 Å². The average molecular weight is 293 g/mol. The van der Waals surface area contributed by atoms with E-state index in [-0.39, 0.29) is 5.82 Å². The number of nitrogens with zero attached hydrogens (tertiary/aromatic N) is 2. The number of hydrogen-bond donors (Lipinski definition) is 1. The minimum Gasteiger partial charge on any atom is -0.328 e. The molecule has 0 aliphatic carbocycles. The predicted octanol–water partition coefficient (Wildman–Crippen LogP) is 3.71. The number of nitrogens with one attached hydrogen (secondary N) is 1. The number of piperidine rings is 1. The van der Waals surface area contributed by atoms with E-state index < -0.39 is 0 Å². The van der Waals surface area contributed by atoms with Crippen molar-refractivity contribution in [1.82, 2.24) is 14.5 Å². The smallest absolute Gasteiger partial charge is 0.178 e. The number of fused-ring (bicyclic) bond motifs is 1. The topological polar surface area (TPSA) is 24.0 Å². The lowest BCUT2D eigenvalue weighted by Gasteiger charge is -2.32. The van der Waals surface area contributed by atoms with Crippen LogP contribution in [0.15, 0.2) is 18.2 Å². The van der Waals surface area contributed by atoms with E-state index in [1.54, 1.807) is 6.07 Å². The number of rotatable bonds is 3. The summed E-state index contributed by atoms with van der Waals surface area (Å²) in [4.78, 5) is 5.49. The molecule has 108 valence electrons. The molecular formula is C15H20FN3S. The van der Waals surface area contributed by atoms with E-state index >= 15 is 0 Å². The van der Waals surface area contributed by atoms with Gasteiger partial charge in [-0.15, -0.1) is 0 Å². The van der Waals surface area contributed by atoms with Crippen molar-refractivity contribution >= 4 is 23.3 Å². The second kappa shape index (κ2) is 5.66. The fourth-order valence-electron chi connectivity index (χ4n) is 3.07. The van der Waals surface area contributed by atoms with Crippen LogP contribution in [-0.4, -0.2) is 33.6 Å². The van der Waals surface area contributed by atoms with E-state index in [1.807, 2.05) is 10.6 Å². The molecule has 0 saturated carbocycles. The SMILES string of the molecule is CC(Cn1c(=S)[nH]c2c(F)cccc21)N1CCCCC1. The van der Waals surface area contributed by atoms with Crippen molar-refractivity contribution in [2.75, 3.05) is 13.1 Å². The molecule has 1 aliphatic heterocycles. The van der Waals surface area contributed by atoms with E-state index in [1.165, 1.54) is 25.3 Å². The van der Waals surface area contributed by atoms with Crippen molar-refractivity contribution in [3.8, 4) is 0 Å². The number of H-pyrrole nitrogens is 1. The van der Waals surface area contributed by atoms with Crippen molar-refractivity contribution in [2.24, 2.45) is 0 Å². The minimum absolute atomic E-state index is 0.238. The predicted molar refractivity (Wildman–Crippen MR) is 82.0 cm³/mol. The Morgan fingerprint density at radius 2 is 2.05 bits per heavy atom. The summed E-state index contributed by atoms with van der Waals surface area (Å²) in [5.74, 6) is -0.238. The average Bonchev–Trinajstić information content (AvgIpc) is 2.78. The van der Waals surface area contributed by atoms with Crippen LogP contribution in [0.4, 0.5) is 4.39 Å². The van der Waals surface area contributed by atoms with E-state index in [9.17, 15) is 4.39 Å². The first-order valence-corrected chi connectivity index (χ1v) is 7.69. The number of para-hydroxylation sites is 1. The molecule has 1 aromatic carbocycles. The summed E-state index contributed by atoms with van der Waals surface area (Å²) in [5.41, 5.74) is 1.38. The maximum atomic E-state index is 13.8. The van der Waals surface area contributed by atoms with Crippen molar-refractivity contribution < 1.29 is 4.39 Å². The third kappa shape index (κ3) is 2.52. The van der Waals surface area contributed by atoms with Crippen LogP contribution in [0.3, 0.4) is 0 Å². The number of aromatic nitrogens is 2. The Morgan fingerprint density at radius 1 is 1.30 bits per heavy atom. The number of hydrogen-bond acceptors (Lipinski definition) is 2. The van der Waals surface area contributed by atoms with Gasteiger partial charge in [-0.2, -0.15) is 0 Å². The van der Waals surface area contributed by atoms with Gasteiger partial charge in [0.25, 0.3) is 0 Å². The fraction of sp³-hybridized carbons (Fsp3) is 0.533. The Bertz CT molecular complexity index is 655. The van der Waals surface area contributed by atoms with Crippen LogP contribution in [0, 0.1) is 10.6 Å². The summed E-state index contributed by atoms with van der Waals surface area (Å²) in [5, 5.41) is 0. The lowest BCUT2D eigenvalue weighted by atomic mass is 10.1. The van der Waals surface area contributed by atoms with Gasteiger partial charge >= 0.3 is 0 Å². The number of imidazole rings is 1. The monoisotopic (exact) mass is 293 g/mol. The molecule has 0 spiro atoms. The van der Waals surface area contributed by atoms with Gasteiger partial charge in [0.1, 0.15) is 11.3 Å². The van der Waals surface area contributed by atoms with Gasteiger partial charge in [0.05, 0.1) is 5.52 Å². The number of aromatic amines is 1. The number of likely N-dealkylation sites (tertiary alicyclic amines) is 1. The lowest BCUT2D eigenvalue weighted by molar-refractivity contribution is 0.160. The number of benzene rings is 1. The Labute approximate surface area is 123 Å². The Balaban J connectivity index is 1.88. The molecule has 1 saturated heterocycles. The minimum atomic E-state index is -0.238. The van der Waals surface area contributed by atoms with E-state index in [0.717, 1.165) is 25.2 Å². The van der Waals surface area contributed by atoms with Crippen molar-refractivity contribution in [3.63, 3.8) is 0 Å². The lowest BCUT2D eigenvalue weighted by Crippen LogP contribution is -2.39. The maximum Gasteiger partial charge on any atom is 0.178 e. The zero-order valence-corrected chi connectivity index (χ0v) is 12.5. The van der Waals surface area contributed by atoms with Crippen LogP contribution < -0.4 is 0 Å². The first-order chi connectivity index (χ1) is 9.66. The van der Waals surface area contributed by atoms with Crippen molar-refractivity contribution in [2.45, 2.75) is 38.8 Å². The Kier molecular flexibility index (Phi) is 3.89. The van der Waals surface area contributed by atoms with Crippen molar-refractivity contribution in [1.29, 1.82) is 0 Å². The standard InChI is InChI=1S/C15H20FN3S/c1-11(18-8-3-2-4-9-18)10-19-13-7-5-6-12(16)14(13)17-15(19)20/h5-7,11H,2-4,8-10H2,1H3,(H,17,20). The summed E-state index contributed by atoms with van der Waals surface area (Å²) >= 11 is 5.35. The van der Waals surface area contributed by atoms with Crippen LogP contribution >= 0.6 is 12.2 Å². The van der Waals surface area contributed by atoms with Gasteiger partial charge in [-0.1, -0.05) is 12.5 Å². The van der Waals surface area contributed by atoms with Crippen LogP contribution in [-0.2, 0) is 6.54 Å². The zero-order chi connectivity index (χ0) is 14.1. The maximum absolute atomic E-state index is 13.8. The molecule has 0 amide bonds. The molecule has 20 heavy (non-hydrogen) atoms. The Morgan fingerprint density at radius 3 is 2.80 bits per heavy atom. The van der Waals surface area contributed by atoms with Crippen LogP contribution in [0.2, 0.25) is 0 Å².